The van der Waals surface area contributed by atoms with Gasteiger partial charge >= 0.3 is 0 Å². The molecule has 0 aliphatic heterocycles. The zero-order valence-electron chi connectivity index (χ0n) is 4.48. The fourth-order valence-electron chi connectivity index (χ4n) is 0.932. The zero-order chi connectivity index (χ0) is 4.69. The first kappa shape index (κ1) is 3.71. The lowest BCUT2D eigenvalue weighted by Crippen LogP contribution is -1.68. The fourth-order valence-corrected chi connectivity index (χ4v) is 0.932. The van der Waals surface area contributed by atoms with Crippen LogP contribution in [0.15, 0.2) is 11.6 Å². The van der Waals surface area contributed by atoms with Crippen LogP contribution >= 0.6 is 0 Å². The van der Waals surface area contributed by atoms with Gasteiger partial charge in [-0.2, -0.15) is 0 Å². The molecular weight excluding hydrogens is 84.1 g/mol. The van der Waals surface area contributed by atoms with Crippen LogP contribution in [0.3, 0.4) is 0 Å². The van der Waals surface area contributed by atoms with Gasteiger partial charge in [0, 0.05) is 0 Å². The molecule has 0 heteroatoms. The van der Waals surface area contributed by atoms with Gasteiger partial charge in [0.2, 0.25) is 0 Å². The Labute approximate surface area is 44.2 Å². The van der Waals surface area contributed by atoms with Gasteiger partial charge < -0.3 is 0 Å². The summed E-state index contributed by atoms with van der Waals surface area (Å²) in [6.45, 7) is 0. The third-order valence-electron chi connectivity index (χ3n) is 1.74. The Hall–Kier alpha value is -0.260. The summed E-state index contributed by atoms with van der Waals surface area (Å²) in [5, 5.41) is 0. The zero-order valence-corrected chi connectivity index (χ0v) is 4.48. The molecule has 0 unspecified atom stereocenters. The molecule has 0 N–H and O–H groups in total. The van der Waals surface area contributed by atoms with Crippen LogP contribution in [0, 0.1) is 5.92 Å². The quantitative estimate of drug-likeness (QED) is 0.460. The molecule has 7 heavy (non-hydrogen) atoms. The van der Waals surface area contributed by atoms with E-state index in [1.165, 1.54) is 25.7 Å². The molecule has 0 aromatic heterocycles. The molecule has 0 spiro atoms. The Bertz CT molecular complexity index is 107. The van der Waals surface area contributed by atoms with Crippen LogP contribution in [0.2, 0.25) is 0 Å². The number of allylic oxidation sites excluding steroid dienone is 2. The minimum absolute atomic E-state index is 1.12. The van der Waals surface area contributed by atoms with Crippen molar-refractivity contribution in [3.8, 4) is 0 Å². The first-order chi connectivity index (χ1) is 3.45. The standard InChI is InChI=1S/C7H10/c1-2-6(1)5-7-3-4-7/h1,7H,2-5H2. The molecule has 0 aromatic carbocycles. The predicted molar refractivity (Wildman–Crippen MR) is 30.0 cm³/mol. The molecule has 0 amide bonds. The van der Waals surface area contributed by atoms with E-state index in [0.717, 1.165) is 5.92 Å². The molecule has 38 valence electrons. The van der Waals surface area contributed by atoms with Crippen molar-refractivity contribution in [3.63, 3.8) is 0 Å². The molecule has 0 heterocycles. The lowest BCUT2D eigenvalue weighted by atomic mass is 10.2. The molecule has 0 nitrogen and oxygen atoms in total. The first-order valence-electron chi connectivity index (χ1n) is 3.13. The molecule has 1 saturated carbocycles. The van der Waals surface area contributed by atoms with E-state index in [0.29, 0.717) is 0 Å². The summed E-state index contributed by atoms with van der Waals surface area (Å²) in [5.41, 5.74) is 1.72. The Morgan fingerprint density at radius 3 is 2.71 bits per heavy atom. The molecule has 1 fully saturated rings. The van der Waals surface area contributed by atoms with Crippen molar-refractivity contribution in [1.29, 1.82) is 0 Å². The van der Waals surface area contributed by atoms with E-state index in [2.05, 4.69) is 6.08 Å². The SMILES string of the molecule is C1=C(CC2CC2)C1. The van der Waals surface area contributed by atoms with Crippen molar-refractivity contribution in [2.45, 2.75) is 25.7 Å². The van der Waals surface area contributed by atoms with Crippen molar-refractivity contribution in [2.75, 3.05) is 0 Å². The summed E-state index contributed by atoms with van der Waals surface area (Å²) >= 11 is 0. The van der Waals surface area contributed by atoms with Crippen LogP contribution in [-0.2, 0) is 0 Å². The van der Waals surface area contributed by atoms with Crippen LogP contribution in [-0.4, -0.2) is 0 Å². The van der Waals surface area contributed by atoms with E-state index in [9.17, 15) is 0 Å². The molecule has 2 aliphatic carbocycles. The molecule has 2 rings (SSSR count). The number of hydrogen-bond acceptors (Lipinski definition) is 0. The highest BCUT2D eigenvalue weighted by molar-refractivity contribution is 5.22. The number of hydrogen-bond donors (Lipinski definition) is 0. The van der Waals surface area contributed by atoms with Gasteiger partial charge in [-0.1, -0.05) is 11.6 Å². The van der Waals surface area contributed by atoms with E-state index in [1.807, 2.05) is 0 Å². The maximum atomic E-state index is 2.35. The van der Waals surface area contributed by atoms with Gasteiger partial charge in [0.15, 0.2) is 0 Å². The van der Waals surface area contributed by atoms with Gasteiger partial charge in [0.1, 0.15) is 0 Å². The van der Waals surface area contributed by atoms with Gasteiger partial charge in [0.25, 0.3) is 0 Å². The van der Waals surface area contributed by atoms with Crippen molar-refractivity contribution in [2.24, 2.45) is 5.92 Å². The second-order valence-electron chi connectivity index (χ2n) is 2.71. The summed E-state index contributed by atoms with van der Waals surface area (Å²) in [6.07, 6.45) is 8.16. The summed E-state index contributed by atoms with van der Waals surface area (Å²) in [7, 11) is 0. The van der Waals surface area contributed by atoms with Crippen molar-refractivity contribution >= 4 is 0 Å². The summed E-state index contributed by atoms with van der Waals surface area (Å²) in [6, 6.07) is 0. The van der Waals surface area contributed by atoms with Crippen molar-refractivity contribution < 1.29 is 0 Å². The summed E-state index contributed by atoms with van der Waals surface area (Å²) < 4.78 is 0. The minimum Gasteiger partial charge on any atom is -0.0809 e. The van der Waals surface area contributed by atoms with Gasteiger partial charge in [0.05, 0.1) is 0 Å². The van der Waals surface area contributed by atoms with Gasteiger partial charge in [-0.05, 0) is 31.6 Å². The average Bonchev–Trinajstić information content (AvgIpc) is 2.33. The Balaban J connectivity index is 1.79. The van der Waals surface area contributed by atoms with E-state index in [-0.39, 0.29) is 0 Å². The number of rotatable bonds is 2. The second-order valence-corrected chi connectivity index (χ2v) is 2.71. The van der Waals surface area contributed by atoms with Crippen molar-refractivity contribution in [1.82, 2.24) is 0 Å². The molecule has 0 radical (unpaired) electrons. The molecule has 0 saturated heterocycles. The maximum Gasteiger partial charge on any atom is -0.0136 e. The molecule has 0 aromatic rings. The van der Waals surface area contributed by atoms with Gasteiger partial charge in [-0.25, -0.2) is 0 Å². The van der Waals surface area contributed by atoms with E-state index >= 15 is 0 Å². The van der Waals surface area contributed by atoms with E-state index in [4.69, 9.17) is 0 Å². The minimum atomic E-state index is 1.12. The highest BCUT2D eigenvalue weighted by Gasteiger charge is 2.24. The molecule has 0 atom stereocenters. The summed E-state index contributed by atoms with van der Waals surface area (Å²) in [4.78, 5) is 0. The van der Waals surface area contributed by atoms with Crippen LogP contribution in [0.1, 0.15) is 25.7 Å². The first-order valence-corrected chi connectivity index (χ1v) is 3.13. The van der Waals surface area contributed by atoms with Crippen LogP contribution < -0.4 is 0 Å². The lowest BCUT2D eigenvalue weighted by molar-refractivity contribution is 0.838. The Kier molecular flexibility index (Phi) is 0.592. The van der Waals surface area contributed by atoms with Crippen LogP contribution in [0.5, 0.6) is 0 Å². The third-order valence-corrected chi connectivity index (χ3v) is 1.74. The van der Waals surface area contributed by atoms with Crippen molar-refractivity contribution in [3.05, 3.63) is 11.6 Å². The van der Waals surface area contributed by atoms with E-state index in [1.54, 1.807) is 5.57 Å². The van der Waals surface area contributed by atoms with Crippen LogP contribution in [0.25, 0.3) is 0 Å². The average molecular weight is 94.2 g/mol. The fraction of sp³-hybridized carbons (Fsp3) is 0.714. The summed E-state index contributed by atoms with van der Waals surface area (Å²) in [5.74, 6) is 1.12. The highest BCUT2D eigenvalue weighted by Crippen LogP contribution is 2.39. The van der Waals surface area contributed by atoms with Gasteiger partial charge in [-0.15, -0.1) is 0 Å². The van der Waals surface area contributed by atoms with Crippen LogP contribution in [0.4, 0.5) is 0 Å². The molecule has 2 aliphatic rings. The highest BCUT2D eigenvalue weighted by atomic mass is 14.3. The molecular formula is C7H10. The van der Waals surface area contributed by atoms with E-state index < -0.39 is 0 Å². The monoisotopic (exact) mass is 94.1 g/mol. The largest absolute Gasteiger partial charge is 0.0809 e. The Morgan fingerprint density at radius 1 is 1.57 bits per heavy atom. The molecule has 0 bridgehead atoms. The van der Waals surface area contributed by atoms with Gasteiger partial charge in [-0.3, -0.25) is 0 Å². The maximum absolute atomic E-state index is 2.35. The third kappa shape index (κ3) is 0.846. The predicted octanol–water partition coefficient (Wildman–Crippen LogP) is 2.12. The topological polar surface area (TPSA) is 0 Å². The smallest absolute Gasteiger partial charge is 0.0136 e. The normalized spacial score (nSPS) is 27.1. The lowest BCUT2D eigenvalue weighted by Gasteiger charge is -1.82. The Morgan fingerprint density at radius 2 is 2.29 bits per heavy atom. The second kappa shape index (κ2) is 1.12.